The Morgan fingerprint density at radius 3 is 2.71 bits per heavy atom. The van der Waals surface area contributed by atoms with Crippen LogP contribution in [0.3, 0.4) is 0 Å². The van der Waals surface area contributed by atoms with E-state index in [0.717, 1.165) is 17.7 Å². The predicted molar refractivity (Wildman–Crippen MR) is 62.7 cm³/mol. The van der Waals surface area contributed by atoms with Crippen molar-refractivity contribution in [2.75, 3.05) is 6.61 Å². The molecular formula is C11H14FNO3S. The summed E-state index contributed by atoms with van der Waals surface area (Å²) < 4.78 is 40.7. The predicted octanol–water partition coefficient (Wildman–Crippen LogP) is 1.82. The van der Waals surface area contributed by atoms with Crippen molar-refractivity contribution < 1.29 is 17.5 Å². The Morgan fingerprint density at radius 2 is 2.18 bits per heavy atom. The average Bonchev–Trinajstić information content (AvgIpc) is 2.25. The number of rotatable bonds is 5. The van der Waals surface area contributed by atoms with Crippen LogP contribution in [0.5, 0.6) is 5.75 Å². The molecule has 0 aliphatic rings. The number of hydrogen-bond acceptors (Lipinski definition) is 3. The monoisotopic (exact) mass is 259 g/mol. The van der Waals surface area contributed by atoms with Crippen LogP contribution in [0.4, 0.5) is 4.39 Å². The van der Waals surface area contributed by atoms with Gasteiger partial charge in [0.15, 0.2) is 0 Å². The van der Waals surface area contributed by atoms with Crippen LogP contribution in [-0.2, 0) is 10.0 Å². The third-order valence-electron chi connectivity index (χ3n) is 2.14. The summed E-state index contributed by atoms with van der Waals surface area (Å²) in [6, 6.07) is 3.18. The number of sulfonamides is 1. The van der Waals surface area contributed by atoms with Crippen molar-refractivity contribution in [1.29, 1.82) is 0 Å². The summed E-state index contributed by atoms with van der Waals surface area (Å²) in [6.45, 7) is 5.79. The van der Waals surface area contributed by atoms with E-state index in [1.54, 1.807) is 0 Å². The molecule has 4 nitrogen and oxygen atoms in total. The zero-order valence-electron chi connectivity index (χ0n) is 9.44. The van der Waals surface area contributed by atoms with Gasteiger partial charge in [-0.25, -0.2) is 17.9 Å². The minimum Gasteiger partial charge on any atom is -0.488 e. The zero-order valence-corrected chi connectivity index (χ0v) is 10.3. The molecule has 0 spiro atoms. The highest BCUT2D eigenvalue weighted by Crippen LogP contribution is 2.24. The number of benzene rings is 1. The highest BCUT2D eigenvalue weighted by Gasteiger charge is 2.16. The first-order valence-electron chi connectivity index (χ1n) is 4.96. The van der Waals surface area contributed by atoms with Crippen molar-refractivity contribution in [1.82, 2.24) is 0 Å². The van der Waals surface area contributed by atoms with Gasteiger partial charge < -0.3 is 4.74 Å². The Hall–Kier alpha value is -1.40. The third-order valence-corrected chi connectivity index (χ3v) is 3.08. The number of hydrogen-bond donors (Lipinski definition) is 1. The molecular weight excluding hydrogens is 245 g/mol. The van der Waals surface area contributed by atoms with E-state index in [1.807, 2.05) is 6.92 Å². The van der Waals surface area contributed by atoms with Gasteiger partial charge in [-0.1, -0.05) is 13.5 Å². The highest BCUT2D eigenvalue weighted by atomic mass is 32.2. The molecule has 0 aliphatic carbocycles. The lowest BCUT2D eigenvalue weighted by atomic mass is 10.2. The van der Waals surface area contributed by atoms with Gasteiger partial charge in [-0.05, 0) is 30.2 Å². The summed E-state index contributed by atoms with van der Waals surface area (Å²) in [5.41, 5.74) is 0.801. The minimum absolute atomic E-state index is 0.0310. The van der Waals surface area contributed by atoms with Crippen LogP contribution >= 0.6 is 0 Å². The van der Waals surface area contributed by atoms with Crippen molar-refractivity contribution >= 4 is 10.0 Å². The van der Waals surface area contributed by atoms with Gasteiger partial charge in [-0.2, -0.15) is 0 Å². The van der Waals surface area contributed by atoms with Crippen LogP contribution in [-0.4, -0.2) is 15.0 Å². The van der Waals surface area contributed by atoms with Crippen LogP contribution in [0.15, 0.2) is 35.2 Å². The van der Waals surface area contributed by atoms with Crippen molar-refractivity contribution in [3.8, 4) is 5.75 Å². The second-order valence-electron chi connectivity index (χ2n) is 3.53. The van der Waals surface area contributed by atoms with E-state index < -0.39 is 15.8 Å². The van der Waals surface area contributed by atoms with Crippen LogP contribution in [0.25, 0.3) is 0 Å². The first kappa shape index (κ1) is 13.7. The Labute approximate surface area is 99.9 Å². The Balaban J connectivity index is 3.04. The summed E-state index contributed by atoms with van der Waals surface area (Å²) in [4.78, 5) is -0.360. The Bertz CT molecular complexity index is 526. The smallest absolute Gasteiger partial charge is 0.241 e. The topological polar surface area (TPSA) is 69.4 Å². The zero-order chi connectivity index (χ0) is 13.1. The van der Waals surface area contributed by atoms with Crippen molar-refractivity contribution in [2.24, 2.45) is 5.14 Å². The maximum atomic E-state index is 12.9. The molecule has 0 saturated carbocycles. The fraction of sp³-hybridized carbons (Fsp3) is 0.273. The van der Waals surface area contributed by atoms with E-state index in [9.17, 15) is 12.8 Å². The Kier molecular flexibility index (Phi) is 4.25. The summed E-state index contributed by atoms with van der Waals surface area (Å²) in [7, 11) is -4.01. The molecule has 0 radical (unpaired) electrons. The van der Waals surface area contributed by atoms with Gasteiger partial charge in [0, 0.05) is 0 Å². The summed E-state index contributed by atoms with van der Waals surface area (Å²) >= 11 is 0. The standard InChI is InChI=1S/C11H14FNO3S/c1-3-8(2)7-16-10-5-4-9(12)6-11(10)17(13,14)15/h4-6H,2-3,7H2,1H3,(H2,13,14,15). The molecule has 0 fully saturated rings. The molecule has 1 aromatic carbocycles. The number of ether oxygens (including phenoxy) is 1. The number of nitrogens with two attached hydrogens (primary N) is 1. The van der Waals surface area contributed by atoms with Gasteiger partial charge >= 0.3 is 0 Å². The fourth-order valence-corrected chi connectivity index (χ4v) is 1.79. The molecule has 2 N–H and O–H groups in total. The molecule has 0 saturated heterocycles. The first-order chi connectivity index (χ1) is 7.84. The Morgan fingerprint density at radius 1 is 1.53 bits per heavy atom. The van der Waals surface area contributed by atoms with Gasteiger partial charge in [0.05, 0.1) is 0 Å². The molecule has 0 aliphatic heterocycles. The number of primary sulfonamides is 1. The molecule has 1 aromatic rings. The minimum atomic E-state index is -4.01. The second-order valence-corrected chi connectivity index (χ2v) is 5.06. The SMILES string of the molecule is C=C(CC)COc1ccc(F)cc1S(N)(=O)=O. The van der Waals surface area contributed by atoms with Crippen LogP contribution in [0.1, 0.15) is 13.3 Å². The fourth-order valence-electron chi connectivity index (χ4n) is 1.11. The van der Waals surface area contributed by atoms with Crippen molar-refractivity contribution in [2.45, 2.75) is 18.2 Å². The lowest BCUT2D eigenvalue weighted by Crippen LogP contribution is -2.14. The van der Waals surface area contributed by atoms with Crippen LogP contribution in [0, 0.1) is 5.82 Å². The van der Waals surface area contributed by atoms with Gasteiger partial charge in [-0.15, -0.1) is 0 Å². The van der Waals surface area contributed by atoms with E-state index in [-0.39, 0.29) is 17.3 Å². The van der Waals surface area contributed by atoms with Gasteiger partial charge in [0.1, 0.15) is 23.1 Å². The largest absolute Gasteiger partial charge is 0.488 e. The molecule has 6 heteroatoms. The van der Waals surface area contributed by atoms with E-state index in [1.165, 1.54) is 6.07 Å². The molecule has 1 rings (SSSR count). The quantitative estimate of drug-likeness (QED) is 0.820. The second kappa shape index (κ2) is 5.29. The van der Waals surface area contributed by atoms with Crippen LogP contribution < -0.4 is 9.88 Å². The molecule has 0 bridgehead atoms. The number of halogens is 1. The molecule has 94 valence electrons. The maximum Gasteiger partial charge on any atom is 0.241 e. The molecule has 0 atom stereocenters. The molecule has 0 heterocycles. The van der Waals surface area contributed by atoms with Crippen LogP contribution in [0.2, 0.25) is 0 Å². The first-order valence-corrected chi connectivity index (χ1v) is 6.51. The van der Waals surface area contributed by atoms with E-state index in [0.29, 0.717) is 6.42 Å². The van der Waals surface area contributed by atoms with Gasteiger partial charge in [0.2, 0.25) is 10.0 Å². The summed E-state index contributed by atoms with van der Waals surface area (Å²) in [5.74, 6) is -0.654. The van der Waals surface area contributed by atoms with E-state index >= 15 is 0 Å². The molecule has 0 unspecified atom stereocenters. The highest BCUT2D eigenvalue weighted by molar-refractivity contribution is 7.89. The lowest BCUT2D eigenvalue weighted by molar-refractivity contribution is 0.339. The van der Waals surface area contributed by atoms with Gasteiger partial charge in [-0.3, -0.25) is 0 Å². The molecule has 0 aromatic heterocycles. The maximum absolute atomic E-state index is 12.9. The summed E-state index contributed by atoms with van der Waals surface area (Å²) in [5, 5.41) is 4.97. The normalized spacial score (nSPS) is 11.2. The van der Waals surface area contributed by atoms with Crippen molar-refractivity contribution in [3.05, 3.63) is 36.2 Å². The molecule has 0 amide bonds. The third kappa shape index (κ3) is 3.83. The van der Waals surface area contributed by atoms with Crippen molar-refractivity contribution in [3.63, 3.8) is 0 Å². The molecule has 17 heavy (non-hydrogen) atoms. The summed E-state index contributed by atoms with van der Waals surface area (Å²) in [6.07, 6.45) is 0.714. The van der Waals surface area contributed by atoms with E-state index in [2.05, 4.69) is 6.58 Å². The average molecular weight is 259 g/mol. The lowest BCUT2D eigenvalue weighted by Gasteiger charge is -2.10. The van der Waals surface area contributed by atoms with Gasteiger partial charge in [0.25, 0.3) is 0 Å². The van der Waals surface area contributed by atoms with E-state index in [4.69, 9.17) is 9.88 Å².